The molecule has 3 aromatic heterocycles. The number of ether oxygens (including phenoxy) is 1. The molecule has 1 aliphatic heterocycles. The van der Waals surface area contributed by atoms with Crippen LogP contribution in [0, 0.1) is 19.8 Å². The summed E-state index contributed by atoms with van der Waals surface area (Å²) >= 11 is 0. The van der Waals surface area contributed by atoms with Gasteiger partial charge in [-0.2, -0.15) is 0 Å². The molecule has 0 radical (unpaired) electrons. The summed E-state index contributed by atoms with van der Waals surface area (Å²) in [5, 5.41) is 8.34. The zero-order valence-corrected chi connectivity index (χ0v) is 17.5. The molecule has 4 heterocycles. The third kappa shape index (κ3) is 3.87. The van der Waals surface area contributed by atoms with Crippen molar-refractivity contribution in [2.45, 2.75) is 39.7 Å². The van der Waals surface area contributed by atoms with Gasteiger partial charge in [-0.15, -0.1) is 5.10 Å². The molecular formula is C22H28N6O. The highest BCUT2D eigenvalue weighted by molar-refractivity contribution is 5.79. The second kappa shape index (κ2) is 8.29. The lowest BCUT2D eigenvalue weighted by Gasteiger charge is -2.31. The highest BCUT2D eigenvalue weighted by atomic mass is 16.5. The van der Waals surface area contributed by atoms with E-state index in [1.807, 2.05) is 37.2 Å². The van der Waals surface area contributed by atoms with Crippen molar-refractivity contribution >= 4 is 11.6 Å². The highest BCUT2D eigenvalue weighted by Gasteiger charge is 2.29. The first-order chi connectivity index (χ1) is 14.1. The Kier molecular flexibility index (Phi) is 5.58. The minimum Gasteiger partial charge on any atom is -0.381 e. The molecule has 0 N–H and O–H groups in total. The normalized spacial score (nSPS) is 16.9. The summed E-state index contributed by atoms with van der Waals surface area (Å²) in [5.74, 6) is 0.458. The summed E-state index contributed by atoms with van der Waals surface area (Å²) in [6, 6.07) is 6.27. The third-order valence-corrected chi connectivity index (χ3v) is 5.75. The van der Waals surface area contributed by atoms with Gasteiger partial charge in [0.2, 0.25) is 0 Å². The molecule has 0 amide bonds. The lowest BCUT2D eigenvalue weighted by atomic mass is 9.89. The van der Waals surface area contributed by atoms with E-state index in [0.717, 1.165) is 60.1 Å². The minimum atomic E-state index is 0.131. The monoisotopic (exact) mass is 392 g/mol. The summed E-state index contributed by atoms with van der Waals surface area (Å²) in [4.78, 5) is 9.36. The molecule has 1 aliphatic rings. The van der Waals surface area contributed by atoms with Crippen LogP contribution in [-0.2, 0) is 11.8 Å². The molecule has 1 saturated heterocycles. The van der Waals surface area contributed by atoms with Gasteiger partial charge in [-0.3, -0.25) is 4.98 Å². The van der Waals surface area contributed by atoms with Crippen LogP contribution in [0.2, 0.25) is 0 Å². The fourth-order valence-electron chi connectivity index (χ4n) is 4.33. The van der Waals surface area contributed by atoms with Gasteiger partial charge in [-0.05, 0) is 63.3 Å². The van der Waals surface area contributed by atoms with Crippen molar-refractivity contribution in [2.24, 2.45) is 13.0 Å². The number of hydrogen-bond acceptors (Lipinski definition) is 5. The summed E-state index contributed by atoms with van der Waals surface area (Å²) in [7, 11) is 1.93. The van der Waals surface area contributed by atoms with E-state index < -0.39 is 0 Å². The molecule has 0 aromatic carbocycles. The van der Waals surface area contributed by atoms with Crippen LogP contribution in [0.4, 0.5) is 0 Å². The summed E-state index contributed by atoms with van der Waals surface area (Å²) < 4.78 is 9.74. The standard InChI is InChI=1S/C22H28N6O/c1-15(21-17(3)25-26-27(21)4)13-20-16(2)24-14-28(20)22(18-8-11-29-12-9-18)19-7-5-6-10-23-19/h5-7,10,13-14,18,22H,8-9,11-12H2,1-4H3/b15-13+. The predicted molar refractivity (Wildman–Crippen MR) is 112 cm³/mol. The number of nitrogens with zero attached hydrogens (tertiary/aromatic N) is 6. The Balaban J connectivity index is 1.80. The SMILES string of the molecule is C/C(=C\c1c(C)ncn1C(c1ccccn1)C1CCOCC1)c1c(C)nnn1C. The van der Waals surface area contributed by atoms with Gasteiger partial charge in [0.15, 0.2) is 0 Å². The zero-order valence-electron chi connectivity index (χ0n) is 17.5. The van der Waals surface area contributed by atoms with Crippen LogP contribution in [0.5, 0.6) is 0 Å². The Hall–Kier alpha value is -2.80. The van der Waals surface area contributed by atoms with Gasteiger partial charge in [0.1, 0.15) is 0 Å². The van der Waals surface area contributed by atoms with E-state index in [4.69, 9.17) is 9.72 Å². The van der Waals surface area contributed by atoms with Crippen LogP contribution >= 0.6 is 0 Å². The van der Waals surface area contributed by atoms with Crippen molar-refractivity contribution in [3.8, 4) is 0 Å². The van der Waals surface area contributed by atoms with Crippen molar-refractivity contribution in [3.05, 3.63) is 59.2 Å². The van der Waals surface area contributed by atoms with Crippen molar-refractivity contribution < 1.29 is 4.74 Å². The first-order valence-corrected chi connectivity index (χ1v) is 10.1. The summed E-state index contributed by atoms with van der Waals surface area (Å²) in [6.07, 6.45) is 8.06. The fraction of sp³-hybridized carbons (Fsp3) is 0.455. The Morgan fingerprint density at radius 3 is 2.62 bits per heavy atom. The number of aromatic nitrogens is 6. The van der Waals surface area contributed by atoms with Crippen molar-refractivity contribution in [3.63, 3.8) is 0 Å². The van der Waals surface area contributed by atoms with Crippen molar-refractivity contribution in [2.75, 3.05) is 13.2 Å². The van der Waals surface area contributed by atoms with Gasteiger partial charge in [0, 0.05) is 26.5 Å². The lowest BCUT2D eigenvalue weighted by molar-refractivity contribution is 0.0536. The topological polar surface area (TPSA) is 70.7 Å². The van der Waals surface area contributed by atoms with Crippen LogP contribution in [0.25, 0.3) is 11.6 Å². The van der Waals surface area contributed by atoms with Crippen LogP contribution in [0.3, 0.4) is 0 Å². The Labute approximate surface area is 171 Å². The molecule has 4 rings (SSSR count). The maximum atomic E-state index is 5.62. The van der Waals surface area contributed by atoms with Crippen molar-refractivity contribution in [1.29, 1.82) is 0 Å². The van der Waals surface area contributed by atoms with E-state index >= 15 is 0 Å². The number of hydrogen-bond donors (Lipinski definition) is 0. The molecule has 0 bridgehead atoms. The van der Waals surface area contributed by atoms with Crippen LogP contribution in [-0.4, -0.2) is 42.7 Å². The van der Waals surface area contributed by atoms with Gasteiger partial charge in [0.25, 0.3) is 0 Å². The van der Waals surface area contributed by atoms with E-state index in [2.05, 4.69) is 51.9 Å². The quantitative estimate of drug-likeness (QED) is 0.663. The molecule has 0 spiro atoms. The third-order valence-electron chi connectivity index (χ3n) is 5.75. The number of pyridine rings is 1. The van der Waals surface area contributed by atoms with Crippen molar-refractivity contribution in [1.82, 2.24) is 29.5 Å². The van der Waals surface area contributed by atoms with Gasteiger partial charge < -0.3 is 9.30 Å². The maximum absolute atomic E-state index is 5.62. The number of allylic oxidation sites excluding steroid dienone is 1. The molecule has 0 saturated carbocycles. The zero-order chi connectivity index (χ0) is 20.4. The smallest absolute Gasteiger partial charge is 0.0960 e. The van der Waals surface area contributed by atoms with Crippen LogP contribution in [0.1, 0.15) is 54.3 Å². The van der Waals surface area contributed by atoms with E-state index in [1.54, 1.807) is 0 Å². The fourth-order valence-corrected chi connectivity index (χ4v) is 4.33. The molecule has 1 fully saturated rings. The predicted octanol–water partition coefficient (Wildman–Crippen LogP) is 3.60. The summed E-state index contributed by atoms with van der Waals surface area (Å²) in [6.45, 7) is 7.75. The molecule has 3 aromatic rings. The van der Waals surface area contributed by atoms with Crippen LogP contribution < -0.4 is 0 Å². The molecular weight excluding hydrogens is 364 g/mol. The number of aryl methyl sites for hydroxylation is 3. The van der Waals surface area contributed by atoms with Crippen LogP contribution in [0.15, 0.2) is 30.7 Å². The maximum Gasteiger partial charge on any atom is 0.0960 e. The highest BCUT2D eigenvalue weighted by Crippen LogP contribution is 2.35. The first kappa shape index (κ1) is 19.5. The molecule has 1 atom stereocenters. The molecule has 7 nitrogen and oxygen atoms in total. The average Bonchev–Trinajstić information content (AvgIpc) is 3.26. The van der Waals surface area contributed by atoms with Gasteiger partial charge >= 0.3 is 0 Å². The second-order valence-electron chi connectivity index (χ2n) is 7.75. The van der Waals surface area contributed by atoms with E-state index in [0.29, 0.717) is 5.92 Å². The molecule has 7 heteroatoms. The molecule has 1 unspecified atom stereocenters. The van der Waals surface area contributed by atoms with Gasteiger partial charge in [0.05, 0.1) is 40.8 Å². The Bertz CT molecular complexity index is 978. The number of rotatable bonds is 5. The summed E-state index contributed by atoms with van der Waals surface area (Å²) in [5.41, 5.74) is 6.26. The Morgan fingerprint density at radius 1 is 1.17 bits per heavy atom. The van der Waals surface area contributed by atoms with Gasteiger partial charge in [-0.25, -0.2) is 9.67 Å². The average molecular weight is 393 g/mol. The Morgan fingerprint density at radius 2 is 1.97 bits per heavy atom. The largest absolute Gasteiger partial charge is 0.381 e. The first-order valence-electron chi connectivity index (χ1n) is 10.1. The number of imidazole rings is 1. The van der Waals surface area contributed by atoms with Gasteiger partial charge in [-0.1, -0.05) is 11.3 Å². The molecule has 0 aliphatic carbocycles. The molecule has 152 valence electrons. The molecule has 29 heavy (non-hydrogen) atoms. The van der Waals surface area contributed by atoms with E-state index in [9.17, 15) is 0 Å². The second-order valence-corrected chi connectivity index (χ2v) is 7.75. The van der Waals surface area contributed by atoms with E-state index in [1.165, 1.54) is 0 Å². The van der Waals surface area contributed by atoms with E-state index in [-0.39, 0.29) is 6.04 Å². The minimum absolute atomic E-state index is 0.131. The lowest BCUT2D eigenvalue weighted by Crippen LogP contribution is -2.27.